The molecular weight excluding hydrogens is 352 g/mol. The van der Waals surface area contributed by atoms with Gasteiger partial charge < -0.3 is 9.84 Å². The summed E-state index contributed by atoms with van der Waals surface area (Å²) in [5, 5.41) is 7.05. The van der Waals surface area contributed by atoms with Crippen molar-refractivity contribution in [2.75, 3.05) is 7.05 Å². The van der Waals surface area contributed by atoms with Crippen LogP contribution in [0.25, 0.3) is 11.5 Å². The van der Waals surface area contributed by atoms with Gasteiger partial charge in [-0.2, -0.15) is 4.98 Å². The normalized spacial score (nSPS) is 15.8. The Morgan fingerprint density at radius 2 is 2.12 bits per heavy atom. The molecule has 1 fully saturated rings. The smallest absolute Gasteiger partial charge is 0.257 e. The minimum atomic E-state index is -3.49. The molecule has 0 aliphatic heterocycles. The second-order valence-electron chi connectivity index (χ2n) is 5.83. The van der Waals surface area contributed by atoms with Crippen molar-refractivity contribution in [1.29, 1.82) is 0 Å². The Kier molecular flexibility index (Phi) is 5.97. The van der Waals surface area contributed by atoms with E-state index < -0.39 is 10.0 Å². The molecule has 2 N–H and O–H groups in total. The monoisotopic (exact) mass is 372 g/mol. The lowest BCUT2D eigenvalue weighted by Crippen LogP contribution is -2.25. The first-order valence-electron chi connectivity index (χ1n) is 7.60. The molecule has 1 atom stereocenters. The van der Waals surface area contributed by atoms with Gasteiger partial charge in [0.15, 0.2) is 5.82 Å². The van der Waals surface area contributed by atoms with Crippen LogP contribution < -0.4 is 10.0 Å². The topological polar surface area (TPSA) is 97.1 Å². The standard InChI is InChI=1S/C15H20N4O3S.ClH/c1-10(16-2)8-14-17-15(22-18-14)11-4-3-5-13(9-11)23(20,21)19-12-6-7-12;/h3-5,9-10,12,16,19H,6-8H2,1-2H3;1H. The van der Waals surface area contributed by atoms with E-state index in [-0.39, 0.29) is 29.4 Å². The van der Waals surface area contributed by atoms with E-state index in [0.29, 0.717) is 23.7 Å². The Balaban J connectivity index is 0.00000208. The summed E-state index contributed by atoms with van der Waals surface area (Å²) in [5.74, 6) is 0.915. The van der Waals surface area contributed by atoms with Crippen molar-refractivity contribution in [3.8, 4) is 11.5 Å². The molecule has 1 aromatic carbocycles. The first-order chi connectivity index (χ1) is 11.0. The van der Waals surface area contributed by atoms with Gasteiger partial charge in [0, 0.05) is 24.1 Å². The van der Waals surface area contributed by atoms with Gasteiger partial charge in [-0.15, -0.1) is 12.4 Å². The van der Waals surface area contributed by atoms with Crippen molar-refractivity contribution in [3.05, 3.63) is 30.1 Å². The van der Waals surface area contributed by atoms with Crippen LogP contribution in [0.3, 0.4) is 0 Å². The molecule has 132 valence electrons. The van der Waals surface area contributed by atoms with Crippen molar-refractivity contribution < 1.29 is 12.9 Å². The van der Waals surface area contributed by atoms with Gasteiger partial charge in [-0.1, -0.05) is 11.2 Å². The van der Waals surface area contributed by atoms with Gasteiger partial charge in [0.2, 0.25) is 10.0 Å². The van der Waals surface area contributed by atoms with E-state index in [1.165, 1.54) is 0 Å². The summed E-state index contributed by atoms with van der Waals surface area (Å²) in [4.78, 5) is 4.55. The van der Waals surface area contributed by atoms with E-state index in [2.05, 4.69) is 20.2 Å². The minimum absolute atomic E-state index is 0. The fraction of sp³-hybridized carbons (Fsp3) is 0.467. The lowest BCUT2D eigenvalue weighted by Gasteiger charge is -2.06. The molecule has 0 amide bonds. The average molecular weight is 373 g/mol. The van der Waals surface area contributed by atoms with E-state index in [1.807, 2.05) is 14.0 Å². The third-order valence-electron chi connectivity index (χ3n) is 3.74. The van der Waals surface area contributed by atoms with Crippen molar-refractivity contribution >= 4 is 22.4 Å². The number of nitrogens with zero attached hydrogens (tertiary/aromatic N) is 2. The maximum Gasteiger partial charge on any atom is 0.257 e. The summed E-state index contributed by atoms with van der Waals surface area (Å²) in [6.45, 7) is 2.02. The molecule has 3 rings (SSSR count). The predicted octanol–water partition coefficient (Wildman–Crippen LogP) is 1.75. The molecule has 0 saturated heterocycles. The highest BCUT2D eigenvalue weighted by atomic mass is 35.5. The fourth-order valence-electron chi connectivity index (χ4n) is 2.11. The number of hydrogen-bond donors (Lipinski definition) is 2. The molecule has 0 radical (unpaired) electrons. The molecule has 1 aromatic heterocycles. The molecule has 1 aliphatic rings. The van der Waals surface area contributed by atoms with Crippen LogP contribution >= 0.6 is 12.4 Å². The van der Waals surface area contributed by atoms with E-state index in [1.54, 1.807) is 24.3 Å². The molecule has 7 nitrogen and oxygen atoms in total. The van der Waals surface area contributed by atoms with Crippen LogP contribution in [0.4, 0.5) is 0 Å². The van der Waals surface area contributed by atoms with E-state index >= 15 is 0 Å². The highest BCUT2D eigenvalue weighted by Gasteiger charge is 2.28. The Labute approximate surface area is 147 Å². The molecule has 0 spiro atoms. The van der Waals surface area contributed by atoms with Crippen LogP contribution in [0.2, 0.25) is 0 Å². The Morgan fingerprint density at radius 1 is 1.38 bits per heavy atom. The summed E-state index contributed by atoms with van der Waals surface area (Å²) in [6.07, 6.45) is 2.44. The van der Waals surface area contributed by atoms with Gasteiger partial charge in [-0.3, -0.25) is 0 Å². The molecule has 2 aromatic rings. The average Bonchev–Trinajstić information content (AvgIpc) is 3.21. The number of halogens is 1. The van der Waals surface area contributed by atoms with Crippen molar-refractivity contribution in [2.24, 2.45) is 0 Å². The zero-order valence-electron chi connectivity index (χ0n) is 13.5. The minimum Gasteiger partial charge on any atom is -0.334 e. The Morgan fingerprint density at radius 3 is 2.79 bits per heavy atom. The highest BCUT2D eigenvalue weighted by Crippen LogP contribution is 2.25. The van der Waals surface area contributed by atoms with Crippen LogP contribution in [0.15, 0.2) is 33.7 Å². The SMILES string of the molecule is CNC(C)Cc1noc(-c2cccc(S(=O)(=O)NC3CC3)c2)n1.Cl. The van der Waals surface area contributed by atoms with Gasteiger partial charge >= 0.3 is 0 Å². The fourth-order valence-corrected chi connectivity index (χ4v) is 3.47. The third-order valence-corrected chi connectivity index (χ3v) is 5.26. The number of rotatable bonds is 7. The van der Waals surface area contributed by atoms with E-state index in [9.17, 15) is 8.42 Å². The summed E-state index contributed by atoms with van der Waals surface area (Å²) < 4.78 is 32.5. The number of sulfonamides is 1. The second-order valence-corrected chi connectivity index (χ2v) is 7.55. The summed E-state index contributed by atoms with van der Waals surface area (Å²) in [5.41, 5.74) is 0.597. The number of benzene rings is 1. The Bertz CT molecular complexity index is 790. The third kappa shape index (κ3) is 4.54. The maximum atomic E-state index is 12.3. The lowest BCUT2D eigenvalue weighted by molar-refractivity contribution is 0.418. The summed E-state index contributed by atoms with van der Waals surface area (Å²) in [6, 6.07) is 6.86. The van der Waals surface area contributed by atoms with Crippen molar-refractivity contribution in [2.45, 2.75) is 43.2 Å². The van der Waals surface area contributed by atoms with Crippen LogP contribution in [0.1, 0.15) is 25.6 Å². The molecular formula is C15H21ClN4O3S. The molecule has 1 saturated carbocycles. The largest absolute Gasteiger partial charge is 0.334 e. The van der Waals surface area contributed by atoms with Gasteiger partial charge in [0.25, 0.3) is 5.89 Å². The van der Waals surface area contributed by atoms with Crippen LogP contribution in [-0.2, 0) is 16.4 Å². The van der Waals surface area contributed by atoms with Gasteiger partial charge in [0.1, 0.15) is 0 Å². The van der Waals surface area contributed by atoms with E-state index in [0.717, 1.165) is 12.8 Å². The molecule has 9 heteroatoms. The van der Waals surface area contributed by atoms with Crippen molar-refractivity contribution in [1.82, 2.24) is 20.2 Å². The van der Waals surface area contributed by atoms with Crippen LogP contribution in [0.5, 0.6) is 0 Å². The lowest BCUT2D eigenvalue weighted by atomic mass is 10.2. The van der Waals surface area contributed by atoms with E-state index in [4.69, 9.17) is 4.52 Å². The second kappa shape index (κ2) is 7.60. The molecule has 24 heavy (non-hydrogen) atoms. The van der Waals surface area contributed by atoms with Crippen molar-refractivity contribution in [3.63, 3.8) is 0 Å². The number of nitrogens with one attached hydrogen (secondary N) is 2. The molecule has 1 unspecified atom stereocenters. The zero-order valence-corrected chi connectivity index (χ0v) is 15.2. The van der Waals surface area contributed by atoms with Gasteiger partial charge in [-0.05, 0) is 45.0 Å². The van der Waals surface area contributed by atoms with Crippen LogP contribution in [0, 0.1) is 0 Å². The summed E-state index contributed by atoms with van der Waals surface area (Å²) in [7, 11) is -1.63. The number of hydrogen-bond acceptors (Lipinski definition) is 6. The van der Waals surface area contributed by atoms with Gasteiger partial charge in [-0.25, -0.2) is 13.1 Å². The Hall–Kier alpha value is -1.48. The number of likely N-dealkylation sites (N-methyl/N-ethyl adjacent to an activating group) is 1. The molecule has 1 heterocycles. The molecule has 0 bridgehead atoms. The summed E-state index contributed by atoms with van der Waals surface area (Å²) >= 11 is 0. The zero-order chi connectivity index (χ0) is 16.4. The quantitative estimate of drug-likeness (QED) is 0.768. The van der Waals surface area contributed by atoms with Crippen LogP contribution in [-0.4, -0.2) is 37.7 Å². The predicted molar refractivity (Wildman–Crippen MR) is 92.6 cm³/mol. The maximum absolute atomic E-state index is 12.3. The number of aromatic nitrogens is 2. The molecule has 1 aliphatic carbocycles. The highest BCUT2D eigenvalue weighted by molar-refractivity contribution is 7.89. The van der Waals surface area contributed by atoms with Gasteiger partial charge in [0.05, 0.1) is 4.90 Å². The first kappa shape index (κ1) is 18.9. The first-order valence-corrected chi connectivity index (χ1v) is 9.09.